The fourth-order valence-corrected chi connectivity index (χ4v) is 5.16. The molecule has 226 valence electrons. The summed E-state index contributed by atoms with van der Waals surface area (Å²) in [6.07, 6.45) is 19.6. The molecule has 0 saturated carbocycles. The van der Waals surface area contributed by atoms with Gasteiger partial charge in [0, 0.05) is 12.8 Å². The van der Waals surface area contributed by atoms with Crippen molar-refractivity contribution in [3.8, 4) is 0 Å². The summed E-state index contributed by atoms with van der Waals surface area (Å²) in [4.78, 5) is 37.9. The van der Waals surface area contributed by atoms with Crippen LogP contribution in [0.4, 0.5) is 0 Å². The minimum absolute atomic E-state index is 0.178. The summed E-state index contributed by atoms with van der Waals surface area (Å²) in [6.45, 7) is 2.26. The van der Waals surface area contributed by atoms with Gasteiger partial charge in [0.25, 0.3) is 0 Å². The van der Waals surface area contributed by atoms with Gasteiger partial charge in [-0.25, -0.2) is 4.79 Å². The van der Waals surface area contributed by atoms with E-state index in [1.54, 1.807) is 30.3 Å². The highest BCUT2D eigenvalue weighted by atomic mass is 16.4. The molecule has 3 N–H and O–H groups in total. The molecule has 0 radical (unpaired) electrons. The Kier molecular flexibility index (Phi) is 17.9. The van der Waals surface area contributed by atoms with Crippen molar-refractivity contribution in [2.45, 2.75) is 128 Å². The zero-order valence-corrected chi connectivity index (χ0v) is 25.1. The molecular weight excluding hydrogens is 512 g/mol. The van der Waals surface area contributed by atoms with Gasteiger partial charge in [-0.1, -0.05) is 157 Å². The van der Waals surface area contributed by atoms with Gasteiger partial charge in [0.15, 0.2) is 6.04 Å². The maximum atomic E-state index is 13.2. The minimum Gasteiger partial charge on any atom is -0.479 e. The van der Waals surface area contributed by atoms with Gasteiger partial charge >= 0.3 is 5.97 Å². The van der Waals surface area contributed by atoms with Crippen molar-refractivity contribution in [2.24, 2.45) is 0 Å². The lowest BCUT2D eigenvalue weighted by molar-refractivity contribution is -0.142. The van der Waals surface area contributed by atoms with E-state index in [0.717, 1.165) is 24.8 Å². The van der Waals surface area contributed by atoms with Gasteiger partial charge < -0.3 is 15.7 Å². The molecule has 2 aromatic carbocycles. The van der Waals surface area contributed by atoms with E-state index in [1.807, 2.05) is 30.3 Å². The van der Waals surface area contributed by atoms with E-state index in [-0.39, 0.29) is 5.91 Å². The lowest BCUT2D eigenvalue weighted by Crippen LogP contribution is -2.49. The normalized spacial score (nSPS) is 12.4. The van der Waals surface area contributed by atoms with Crippen molar-refractivity contribution < 1.29 is 19.5 Å². The number of rotatable bonds is 23. The number of unbranched alkanes of at least 4 members (excludes halogenated alkanes) is 14. The van der Waals surface area contributed by atoms with Crippen LogP contribution < -0.4 is 10.6 Å². The Hall–Kier alpha value is -3.15. The molecule has 0 aliphatic rings. The molecule has 0 aromatic heterocycles. The highest BCUT2D eigenvalue weighted by Gasteiger charge is 2.27. The molecule has 0 heterocycles. The summed E-state index contributed by atoms with van der Waals surface area (Å²) in [6, 6.07) is 16.0. The Morgan fingerprint density at radius 2 is 1.10 bits per heavy atom. The second-order valence-corrected chi connectivity index (χ2v) is 11.2. The average molecular weight is 565 g/mol. The first-order valence-electron chi connectivity index (χ1n) is 15.9. The first-order valence-corrected chi connectivity index (χ1v) is 15.9. The van der Waals surface area contributed by atoms with Crippen LogP contribution in [0.15, 0.2) is 60.7 Å². The molecule has 0 aliphatic carbocycles. The maximum Gasteiger partial charge on any atom is 0.330 e. The lowest BCUT2D eigenvalue weighted by atomic mass is 10.0. The number of aliphatic carboxylic acids is 1. The summed E-state index contributed by atoms with van der Waals surface area (Å²) < 4.78 is 0. The molecule has 0 aliphatic heterocycles. The molecule has 2 atom stereocenters. The van der Waals surface area contributed by atoms with Crippen LogP contribution in [0.25, 0.3) is 0 Å². The van der Waals surface area contributed by atoms with Crippen LogP contribution in [0, 0.1) is 0 Å². The van der Waals surface area contributed by atoms with E-state index in [1.165, 1.54) is 77.0 Å². The largest absolute Gasteiger partial charge is 0.479 e. The number of hydrogen-bond acceptors (Lipinski definition) is 3. The summed E-state index contributed by atoms with van der Waals surface area (Å²) in [5.74, 6) is -1.83. The van der Waals surface area contributed by atoms with Crippen molar-refractivity contribution >= 4 is 17.8 Å². The summed E-state index contributed by atoms with van der Waals surface area (Å²) >= 11 is 0. The topological polar surface area (TPSA) is 95.5 Å². The summed E-state index contributed by atoms with van der Waals surface area (Å²) in [5.41, 5.74) is 1.38. The number of amides is 2. The van der Waals surface area contributed by atoms with Gasteiger partial charge in [0.2, 0.25) is 11.8 Å². The molecule has 0 spiro atoms. The number of carboxylic acid groups (broad SMARTS) is 1. The van der Waals surface area contributed by atoms with Crippen LogP contribution >= 0.6 is 0 Å². The van der Waals surface area contributed by atoms with E-state index in [2.05, 4.69) is 17.6 Å². The second kappa shape index (κ2) is 21.6. The third-order valence-electron chi connectivity index (χ3n) is 7.61. The third kappa shape index (κ3) is 15.4. The monoisotopic (exact) mass is 564 g/mol. The van der Waals surface area contributed by atoms with Gasteiger partial charge in [0.1, 0.15) is 6.04 Å². The van der Waals surface area contributed by atoms with E-state index in [9.17, 15) is 19.5 Å². The molecule has 6 nitrogen and oxygen atoms in total. The summed E-state index contributed by atoms with van der Waals surface area (Å²) in [5, 5.41) is 15.2. The SMILES string of the molecule is CCCCCCCCCCCCCCCCCC(=O)N[C@H](Cc1ccccc1)C(=O)N[C@@H](C(=O)O)c1ccccc1. The van der Waals surface area contributed by atoms with Crippen LogP contribution in [0.1, 0.15) is 127 Å². The molecule has 0 saturated heterocycles. The number of nitrogens with one attached hydrogen (secondary N) is 2. The Bertz CT molecular complexity index is 980. The molecule has 2 aromatic rings. The van der Waals surface area contributed by atoms with Crippen LogP contribution in [0.5, 0.6) is 0 Å². The smallest absolute Gasteiger partial charge is 0.330 e. The third-order valence-corrected chi connectivity index (χ3v) is 7.61. The van der Waals surface area contributed by atoms with Crippen LogP contribution in [-0.4, -0.2) is 28.9 Å². The fraction of sp³-hybridized carbons (Fsp3) is 0.571. The number of hydrogen-bond donors (Lipinski definition) is 3. The number of carbonyl (C=O) groups excluding carboxylic acids is 2. The second-order valence-electron chi connectivity index (χ2n) is 11.2. The molecule has 0 fully saturated rings. The standard InChI is InChI=1S/C35H52N2O4/c1-2-3-4-5-6-7-8-9-10-11-12-13-14-15-22-27-32(38)36-31(28-29-23-18-16-19-24-29)34(39)37-33(35(40)41)30-25-20-17-21-26-30/h16-21,23-26,31,33H,2-15,22,27-28H2,1H3,(H,36,38)(H,37,39)(H,40,41)/t31-,33-/m1/s1. The fourth-order valence-electron chi connectivity index (χ4n) is 5.16. The predicted octanol–water partition coefficient (Wildman–Crippen LogP) is 7.92. The Labute approximate surface area is 247 Å². The van der Waals surface area contributed by atoms with Crippen molar-refractivity contribution in [3.63, 3.8) is 0 Å². The molecule has 2 amide bonds. The zero-order chi connectivity index (χ0) is 29.5. The predicted molar refractivity (Wildman–Crippen MR) is 167 cm³/mol. The molecular formula is C35H52N2O4. The van der Waals surface area contributed by atoms with E-state index >= 15 is 0 Å². The van der Waals surface area contributed by atoms with Gasteiger partial charge in [-0.15, -0.1) is 0 Å². The lowest BCUT2D eigenvalue weighted by Gasteiger charge is -2.22. The number of carboxylic acids is 1. The zero-order valence-electron chi connectivity index (χ0n) is 25.1. The van der Waals surface area contributed by atoms with E-state index < -0.39 is 24.0 Å². The molecule has 0 bridgehead atoms. The number of benzene rings is 2. The van der Waals surface area contributed by atoms with Gasteiger partial charge in [-0.05, 0) is 17.5 Å². The Morgan fingerprint density at radius 3 is 1.59 bits per heavy atom. The molecule has 41 heavy (non-hydrogen) atoms. The van der Waals surface area contributed by atoms with E-state index in [4.69, 9.17) is 0 Å². The highest BCUT2D eigenvalue weighted by Crippen LogP contribution is 2.15. The van der Waals surface area contributed by atoms with Crippen molar-refractivity contribution in [3.05, 3.63) is 71.8 Å². The minimum atomic E-state index is -1.19. The first-order chi connectivity index (χ1) is 20.0. The highest BCUT2D eigenvalue weighted by molar-refractivity contribution is 5.91. The quantitative estimate of drug-likeness (QED) is 0.119. The van der Waals surface area contributed by atoms with Gasteiger partial charge in [-0.3, -0.25) is 9.59 Å². The van der Waals surface area contributed by atoms with Gasteiger partial charge in [-0.2, -0.15) is 0 Å². The average Bonchev–Trinajstić information content (AvgIpc) is 2.98. The Morgan fingerprint density at radius 1 is 0.634 bits per heavy atom. The van der Waals surface area contributed by atoms with Crippen LogP contribution in [-0.2, 0) is 20.8 Å². The van der Waals surface area contributed by atoms with Crippen molar-refractivity contribution in [1.29, 1.82) is 0 Å². The maximum absolute atomic E-state index is 13.2. The van der Waals surface area contributed by atoms with Gasteiger partial charge in [0.05, 0.1) is 0 Å². The summed E-state index contributed by atoms with van der Waals surface area (Å²) in [7, 11) is 0. The molecule has 2 rings (SSSR count). The van der Waals surface area contributed by atoms with Crippen molar-refractivity contribution in [1.82, 2.24) is 10.6 Å². The van der Waals surface area contributed by atoms with Crippen molar-refractivity contribution in [2.75, 3.05) is 0 Å². The van der Waals surface area contributed by atoms with Crippen LogP contribution in [0.2, 0.25) is 0 Å². The Balaban J connectivity index is 1.69. The molecule has 0 unspecified atom stereocenters. The van der Waals surface area contributed by atoms with E-state index in [0.29, 0.717) is 18.4 Å². The number of carbonyl (C=O) groups is 3. The van der Waals surface area contributed by atoms with Crippen LogP contribution in [0.3, 0.4) is 0 Å². The first kappa shape index (κ1) is 34.1. The molecule has 6 heteroatoms.